The lowest BCUT2D eigenvalue weighted by molar-refractivity contribution is 0.619. The molecule has 0 bridgehead atoms. The van der Waals surface area contributed by atoms with Crippen LogP contribution >= 0.6 is 0 Å². The molecular formula is C16H18FN. The van der Waals surface area contributed by atoms with Gasteiger partial charge in [0.25, 0.3) is 0 Å². The minimum atomic E-state index is -0.160. The van der Waals surface area contributed by atoms with E-state index in [1.165, 1.54) is 11.6 Å². The van der Waals surface area contributed by atoms with Gasteiger partial charge in [0.15, 0.2) is 0 Å². The van der Waals surface area contributed by atoms with Gasteiger partial charge in [-0.15, -0.1) is 0 Å². The predicted octanol–water partition coefficient (Wildman–Crippen LogP) is 3.69. The van der Waals surface area contributed by atoms with E-state index in [4.69, 9.17) is 5.73 Å². The lowest BCUT2D eigenvalue weighted by Gasteiger charge is -2.09. The fraction of sp³-hybridized carbons (Fsp3) is 0.250. The number of nitrogens with two attached hydrogens (primary N) is 1. The molecule has 2 heteroatoms. The van der Waals surface area contributed by atoms with Gasteiger partial charge in [0.05, 0.1) is 0 Å². The number of benzene rings is 2. The van der Waals surface area contributed by atoms with Gasteiger partial charge >= 0.3 is 0 Å². The molecule has 0 saturated heterocycles. The molecule has 0 amide bonds. The summed E-state index contributed by atoms with van der Waals surface area (Å²) in [5.41, 5.74) is 9.66. The van der Waals surface area contributed by atoms with Crippen molar-refractivity contribution >= 4 is 0 Å². The van der Waals surface area contributed by atoms with Crippen LogP contribution in [0.3, 0.4) is 0 Å². The van der Waals surface area contributed by atoms with Crippen LogP contribution in [0.4, 0.5) is 4.39 Å². The molecule has 2 aromatic rings. The third kappa shape index (κ3) is 2.77. The molecule has 0 heterocycles. The third-order valence-electron chi connectivity index (χ3n) is 3.09. The second-order valence-electron chi connectivity index (χ2n) is 4.79. The van der Waals surface area contributed by atoms with Gasteiger partial charge in [0, 0.05) is 6.04 Å². The monoisotopic (exact) mass is 243 g/mol. The molecule has 1 atom stereocenters. The smallest absolute Gasteiger partial charge is 0.126 e. The Morgan fingerprint density at radius 1 is 1.11 bits per heavy atom. The Morgan fingerprint density at radius 2 is 1.78 bits per heavy atom. The minimum absolute atomic E-state index is 0.159. The molecule has 1 nitrogen and oxygen atoms in total. The van der Waals surface area contributed by atoms with Crippen LogP contribution in [-0.2, 0) is 6.42 Å². The molecule has 2 rings (SSSR count). The molecule has 1 unspecified atom stereocenters. The van der Waals surface area contributed by atoms with Crippen molar-refractivity contribution in [3.63, 3.8) is 0 Å². The molecular weight excluding hydrogens is 225 g/mol. The SMILES string of the molecule is Cc1c(F)cccc1-c1ccc(CC(C)N)cc1. The highest BCUT2D eigenvalue weighted by molar-refractivity contribution is 5.67. The fourth-order valence-corrected chi connectivity index (χ4v) is 2.11. The fourth-order valence-electron chi connectivity index (χ4n) is 2.11. The summed E-state index contributed by atoms with van der Waals surface area (Å²) in [7, 11) is 0. The summed E-state index contributed by atoms with van der Waals surface area (Å²) in [5, 5.41) is 0. The lowest BCUT2D eigenvalue weighted by Crippen LogP contribution is -2.17. The van der Waals surface area contributed by atoms with Gasteiger partial charge in [0.2, 0.25) is 0 Å². The molecule has 0 aliphatic rings. The Kier molecular flexibility index (Phi) is 3.78. The zero-order valence-electron chi connectivity index (χ0n) is 10.8. The van der Waals surface area contributed by atoms with E-state index in [1.54, 1.807) is 13.0 Å². The molecule has 0 aliphatic carbocycles. The van der Waals surface area contributed by atoms with Gasteiger partial charge < -0.3 is 5.73 Å². The first kappa shape index (κ1) is 12.8. The van der Waals surface area contributed by atoms with Crippen molar-refractivity contribution in [1.82, 2.24) is 0 Å². The average molecular weight is 243 g/mol. The second-order valence-corrected chi connectivity index (χ2v) is 4.79. The van der Waals surface area contributed by atoms with Crippen molar-refractivity contribution in [3.8, 4) is 11.1 Å². The summed E-state index contributed by atoms with van der Waals surface area (Å²) in [6.45, 7) is 3.80. The Morgan fingerprint density at radius 3 is 2.39 bits per heavy atom. The number of rotatable bonds is 3. The van der Waals surface area contributed by atoms with Crippen molar-refractivity contribution in [1.29, 1.82) is 0 Å². The summed E-state index contributed by atoms with van der Waals surface area (Å²) >= 11 is 0. The summed E-state index contributed by atoms with van der Waals surface area (Å²) in [6, 6.07) is 13.5. The molecule has 0 saturated carbocycles. The van der Waals surface area contributed by atoms with Crippen LogP contribution in [0.1, 0.15) is 18.1 Å². The molecule has 94 valence electrons. The van der Waals surface area contributed by atoms with Crippen LogP contribution < -0.4 is 5.73 Å². The topological polar surface area (TPSA) is 26.0 Å². The summed E-state index contributed by atoms with van der Waals surface area (Å²) in [6.07, 6.45) is 0.864. The first-order valence-corrected chi connectivity index (χ1v) is 6.18. The van der Waals surface area contributed by atoms with Crippen LogP contribution in [0.2, 0.25) is 0 Å². The maximum Gasteiger partial charge on any atom is 0.126 e. The molecule has 2 N–H and O–H groups in total. The van der Waals surface area contributed by atoms with Crippen LogP contribution in [0.25, 0.3) is 11.1 Å². The molecule has 0 fully saturated rings. The van der Waals surface area contributed by atoms with Gasteiger partial charge in [-0.05, 0) is 48.6 Å². The van der Waals surface area contributed by atoms with Gasteiger partial charge in [-0.25, -0.2) is 4.39 Å². The van der Waals surface area contributed by atoms with E-state index < -0.39 is 0 Å². The first-order chi connectivity index (χ1) is 8.58. The van der Waals surface area contributed by atoms with E-state index in [0.717, 1.165) is 17.5 Å². The molecule has 0 radical (unpaired) electrons. The molecule has 0 spiro atoms. The third-order valence-corrected chi connectivity index (χ3v) is 3.09. The van der Waals surface area contributed by atoms with Crippen LogP contribution in [-0.4, -0.2) is 6.04 Å². The zero-order chi connectivity index (χ0) is 13.1. The first-order valence-electron chi connectivity index (χ1n) is 6.18. The summed E-state index contributed by atoms with van der Waals surface area (Å²) in [5.74, 6) is -0.160. The number of hydrogen-bond acceptors (Lipinski definition) is 1. The van der Waals surface area contributed by atoms with Crippen LogP contribution in [0, 0.1) is 12.7 Å². The molecule has 2 aromatic carbocycles. The van der Waals surface area contributed by atoms with Crippen molar-refractivity contribution in [2.75, 3.05) is 0 Å². The number of hydrogen-bond donors (Lipinski definition) is 1. The number of halogens is 1. The second kappa shape index (κ2) is 5.32. The van der Waals surface area contributed by atoms with Crippen LogP contribution in [0.5, 0.6) is 0 Å². The van der Waals surface area contributed by atoms with Crippen molar-refractivity contribution in [3.05, 3.63) is 59.4 Å². The largest absolute Gasteiger partial charge is 0.328 e. The Balaban J connectivity index is 2.32. The minimum Gasteiger partial charge on any atom is -0.328 e. The highest BCUT2D eigenvalue weighted by Crippen LogP contribution is 2.25. The summed E-state index contributed by atoms with van der Waals surface area (Å²) < 4.78 is 13.5. The molecule has 0 aliphatic heterocycles. The Bertz CT molecular complexity index is 529. The zero-order valence-corrected chi connectivity index (χ0v) is 10.8. The van der Waals surface area contributed by atoms with E-state index in [-0.39, 0.29) is 11.9 Å². The van der Waals surface area contributed by atoms with E-state index >= 15 is 0 Å². The standard InChI is InChI=1S/C16H18FN/c1-11(18)10-13-6-8-14(9-7-13)15-4-3-5-16(17)12(15)2/h3-9,11H,10,18H2,1-2H3. The van der Waals surface area contributed by atoms with Gasteiger partial charge in [-0.2, -0.15) is 0 Å². The van der Waals surface area contributed by atoms with E-state index in [1.807, 2.05) is 25.1 Å². The van der Waals surface area contributed by atoms with Crippen LogP contribution in [0.15, 0.2) is 42.5 Å². The molecule has 0 aromatic heterocycles. The summed E-state index contributed by atoms with van der Waals surface area (Å²) in [4.78, 5) is 0. The molecule has 18 heavy (non-hydrogen) atoms. The maximum absolute atomic E-state index is 13.5. The van der Waals surface area contributed by atoms with Gasteiger partial charge in [-0.1, -0.05) is 36.4 Å². The van der Waals surface area contributed by atoms with Gasteiger partial charge in [0.1, 0.15) is 5.82 Å². The van der Waals surface area contributed by atoms with Gasteiger partial charge in [-0.3, -0.25) is 0 Å². The van der Waals surface area contributed by atoms with E-state index in [9.17, 15) is 4.39 Å². The lowest BCUT2D eigenvalue weighted by atomic mass is 9.98. The quantitative estimate of drug-likeness (QED) is 0.874. The van der Waals surface area contributed by atoms with Crippen molar-refractivity contribution in [2.45, 2.75) is 26.3 Å². The maximum atomic E-state index is 13.5. The predicted molar refractivity (Wildman–Crippen MR) is 73.9 cm³/mol. The normalized spacial score (nSPS) is 12.4. The Labute approximate surface area is 107 Å². The van der Waals surface area contributed by atoms with Crippen molar-refractivity contribution in [2.24, 2.45) is 5.73 Å². The van der Waals surface area contributed by atoms with E-state index in [2.05, 4.69) is 12.1 Å². The highest BCUT2D eigenvalue weighted by atomic mass is 19.1. The Hall–Kier alpha value is -1.67. The van der Waals surface area contributed by atoms with E-state index in [0.29, 0.717) is 5.56 Å². The average Bonchev–Trinajstić information content (AvgIpc) is 2.33. The van der Waals surface area contributed by atoms with Crippen molar-refractivity contribution < 1.29 is 4.39 Å². The highest BCUT2D eigenvalue weighted by Gasteiger charge is 2.06.